The fourth-order valence-corrected chi connectivity index (χ4v) is 4.03. The molecule has 166 valence electrons. The number of hydrogen-bond donors (Lipinski definition) is 1. The predicted molar refractivity (Wildman–Crippen MR) is 124 cm³/mol. The van der Waals surface area contributed by atoms with Crippen molar-refractivity contribution < 1.29 is 30.9 Å². The molecule has 0 bridgehead atoms. The normalized spacial score (nSPS) is 18.9. The molecule has 2 aromatic carbocycles. The van der Waals surface area contributed by atoms with E-state index in [0.29, 0.717) is 17.0 Å². The molecule has 3 rings (SSSR count). The van der Waals surface area contributed by atoms with E-state index in [1.807, 2.05) is 44.2 Å². The number of benzene rings is 2. The van der Waals surface area contributed by atoms with Gasteiger partial charge in [0.15, 0.2) is 0 Å². The van der Waals surface area contributed by atoms with Crippen molar-refractivity contribution in [3.63, 3.8) is 0 Å². The van der Waals surface area contributed by atoms with E-state index < -0.39 is 31.2 Å². The zero-order valence-electron chi connectivity index (χ0n) is 18.0. The van der Waals surface area contributed by atoms with Crippen LogP contribution in [0.3, 0.4) is 0 Å². The van der Waals surface area contributed by atoms with Crippen LogP contribution < -0.4 is 0 Å². The Balaban J connectivity index is 0.00000107. The Hall–Kier alpha value is -1.23. The molecule has 1 aliphatic rings. The third kappa shape index (κ3) is 6.87. The Morgan fingerprint density at radius 1 is 1.19 bits per heavy atom. The molecular formula is C23H28Cl2N2O3Zr. The number of non-ortho nitro benzene ring substituents is 1. The fourth-order valence-electron chi connectivity index (χ4n) is 4.03. The van der Waals surface area contributed by atoms with Crippen LogP contribution in [0.5, 0.6) is 5.75 Å². The molecule has 0 aromatic heterocycles. The Labute approximate surface area is 202 Å². The van der Waals surface area contributed by atoms with Gasteiger partial charge in [-0.2, -0.15) is 0 Å². The number of nitrogens with zero attached hydrogens (tertiary/aromatic N) is 2. The summed E-state index contributed by atoms with van der Waals surface area (Å²) in [6.07, 6.45) is 6.18. The molecular weight excluding hydrogens is 514 g/mol. The number of phenols is 1. The second-order valence-corrected chi connectivity index (χ2v) is 12.1. The summed E-state index contributed by atoms with van der Waals surface area (Å²) in [5, 5.41) is 22.5. The van der Waals surface area contributed by atoms with Gasteiger partial charge in [-0.15, -0.1) is 0 Å². The van der Waals surface area contributed by atoms with Crippen LogP contribution in [0, 0.1) is 16.0 Å². The molecule has 1 saturated carbocycles. The second kappa shape index (κ2) is 12.1. The molecule has 0 amide bonds. The van der Waals surface area contributed by atoms with Crippen LogP contribution in [0.25, 0.3) is 0 Å². The summed E-state index contributed by atoms with van der Waals surface area (Å²) in [5.74, 6) is 0.553. The molecule has 1 N–H and O–H groups in total. The topological polar surface area (TPSA) is 75.7 Å². The van der Waals surface area contributed by atoms with Gasteiger partial charge in [0.05, 0.1) is 11.0 Å². The number of aromatic hydroxyl groups is 1. The molecule has 5 nitrogen and oxygen atoms in total. The summed E-state index contributed by atoms with van der Waals surface area (Å²) in [6, 6.07) is 12.8. The van der Waals surface area contributed by atoms with Crippen molar-refractivity contribution in [1.29, 1.82) is 0 Å². The zero-order valence-corrected chi connectivity index (χ0v) is 22.0. The molecule has 0 saturated heterocycles. The Morgan fingerprint density at radius 2 is 1.81 bits per heavy atom. The third-order valence-corrected chi connectivity index (χ3v) is 5.98. The Bertz CT molecular complexity index is 907. The summed E-state index contributed by atoms with van der Waals surface area (Å²) in [5.41, 5.74) is 1.31. The van der Waals surface area contributed by atoms with Gasteiger partial charge in [-0.25, -0.2) is 0 Å². The minimum atomic E-state index is -0.826. The van der Waals surface area contributed by atoms with Gasteiger partial charge in [0.2, 0.25) is 0 Å². The maximum atomic E-state index is 11.5. The van der Waals surface area contributed by atoms with E-state index in [1.54, 1.807) is 6.21 Å². The first-order valence-corrected chi connectivity index (χ1v) is 16.6. The number of nitro groups is 1. The van der Waals surface area contributed by atoms with E-state index in [-0.39, 0.29) is 17.5 Å². The summed E-state index contributed by atoms with van der Waals surface area (Å²) >= 11 is -0.826. The molecule has 0 heterocycles. The molecule has 1 aliphatic carbocycles. The average molecular weight is 543 g/mol. The van der Waals surface area contributed by atoms with Gasteiger partial charge in [-0.1, -0.05) is 63.9 Å². The molecule has 0 radical (unpaired) electrons. The van der Waals surface area contributed by atoms with Crippen molar-refractivity contribution in [2.45, 2.75) is 57.9 Å². The fraction of sp³-hybridized carbons (Fsp3) is 0.435. The summed E-state index contributed by atoms with van der Waals surface area (Å²) in [4.78, 5) is 15.8. The standard InChI is InChI=1S/C23H28N2O3.2ClH.Zr/c1-16-9-7-8-12-21(16)24-15-17-13-19(25(27)28)14-20(22(17)26)23(2,3)18-10-5-4-6-11-18;;;/h4-6,10-11,13-16,21,26H,7-9,12H2,1-3H3;2*1H;/q;;;+2/p-2. The zero-order chi connectivity index (χ0) is 23.0. The number of phenolic OH excluding ortho intramolecular Hbond substituents is 1. The quantitative estimate of drug-likeness (QED) is 0.251. The van der Waals surface area contributed by atoms with Crippen molar-refractivity contribution in [2.75, 3.05) is 0 Å². The number of rotatable bonds is 5. The van der Waals surface area contributed by atoms with Crippen LogP contribution in [-0.2, 0) is 26.3 Å². The predicted octanol–water partition coefficient (Wildman–Crippen LogP) is 7.00. The summed E-state index contributed by atoms with van der Waals surface area (Å²) in [6.45, 7) is 6.12. The second-order valence-electron chi connectivity index (χ2n) is 8.36. The molecule has 2 unspecified atom stereocenters. The molecule has 8 heteroatoms. The molecule has 0 aliphatic heterocycles. The van der Waals surface area contributed by atoms with Crippen LogP contribution in [0.15, 0.2) is 47.5 Å². The van der Waals surface area contributed by atoms with Gasteiger partial charge in [0.1, 0.15) is 5.75 Å². The first-order valence-electron chi connectivity index (χ1n) is 10.3. The van der Waals surface area contributed by atoms with Gasteiger partial charge < -0.3 is 5.11 Å². The van der Waals surface area contributed by atoms with Crippen molar-refractivity contribution in [2.24, 2.45) is 10.9 Å². The van der Waals surface area contributed by atoms with Crippen LogP contribution in [0.1, 0.15) is 63.1 Å². The third-order valence-electron chi connectivity index (χ3n) is 5.98. The van der Waals surface area contributed by atoms with Crippen LogP contribution in [0.4, 0.5) is 5.69 Å². The van der Waals surface area contributed by atoms with E-state index in [9.17, 15) is 15.2 Å². The Kier molecular flexibility index (Phi) is 10.2. The van der Waals surface area contributed by atoms with E-state index in [0.717, 1.165) is 24.8 Å². The monoisotopic (exact) mass is 540 g/mol. The number of nitro benzene ring substituents is 1. The Morgan fingerprint density at radius 3 is 2.39 bits per heavy atom. The number of hydrogen-bond acceptors (Lipinski definition) is 4. The molecule has 31 heavy (non-hydrogen) atoms. The molecule has 1 fully saturated rings. The first kappa shape index (κ1) is 26.0. The summed E-state index contributed by atoms with van der Waals surface area (Å²) in [7, 11) is 9.87. The van der Waals surface area contributed by atoms with Crippen LogP contribution in [-0.4, -0.2) is 22.3 Å². The van der Waals surface area contributed by atoms with Gasteiger partial charge >= 0.3 is 37.9 Å². The minimum absolute atomic E-state index is 0.0325. The van der Waals surface area contributed by atoms with Crippen molar-refractivity contribution in [3.8, 4) is 5.75 Å². The molecule has 2 aromatic rings. The van der Waals surface area contributed by atoms with Crippen LogP contribution >= 0.6 is 17.0 Å². The van der Waals surface area contributed by atoms with E-state index >= 15 is 0 Å². The van der Waals surface area contributed by atoms with E-state index in [1.165, 1.54) is 18.6 Å². The van der Waals surface area contributed by atoms with E-state index in [2.05, 4.69) is 11.9 Å². The maximum absolute atomic E-state index is 11.5. The number of halogens is 2. The van der Waals surface area contributed by atoms with Gasteiger partial charge in [-0.3, -0.25) is 15.1 Å². The van der Waals surface area contributed by atoms with E-state index in [4.69, 9.17) is 17.0 Å². The van der Waals surface area contributed by atoms with Crippen molar-refractivity contribution >= 4 is 28.9 Å². The van der Waals surface area contributed by atoms with Gasteiger partial charge in [0.25, 0.3) is 5.69 Å². The SMILES string of the molecule is CC1CCCCC1N=Cc1cc([N+](=O)[O-])cc(C(C)(C)c2ccccc2)c1O.[Cl][Zr][Cl]. The average Bonchev–Trinajstić information content (AvgIpc) is 2.75. The van der Waals surface area contributed by atoms with Gasteiger partial charge in [-0.05, 0) is 24.3 Å². The van der Waals surface area contributed by atoms with Gasteiger partial charge in [0, 0.05) is 34.9 Å². The molecule has 2 atom stereocenters. The molecule has 0 spiro atoms. The summed E-state index contributed by atoms with van der Waals surface area (Å²) < 4.78 is 0. The first-order chi connectivity index (χ1) is 14.7. The van der Waals surface area contributed by atoms with Crippen molar-refractivity contribution in [1.82, 2.24) is 0 Å². The van der Waals surface area contributed by atoms with Crippen molar-refractivity contribution in [3.05, 3.63) is 69.3 Å². The van der Waals surface area contributed by atoms with Crippen LogP contribution in [0.2, 0.25) is 0 Å². The number of aliphatic imine (C=N–C) groups is 1.